The van der Waals surface area contributed by atoms with Crippen LogP contribution in [-0.2, 0) is 10.0 Å². The SMILES string of the molecule is Cc1sc(C(=O)NCC2CCCC2)cc1S(N)(=O)=O. The third-order valence-electron chi connectivity index (χ3n) is 3.43. The van der Waals surface area contributed by atoms with Crippen LogP contribution < -0.4 is 10.5 Å². The molecule has 1 saturated carbocycles. The molecule has 1 aliphatic rings. The standard InChI is InChI=1S/C12H18N2O3S2/c1-8-11(19(13,16)17)6-10(18-8)12(15)14-7-9-4-2-3-5-9/h6,9H,2-5,7H2,1H3,(H,14,15)(H2,13,16,17). The molecule has 1 aliphatic carbocycles. The smallest absolute Gasteiger partial charge is 0.261 e. The number of hydrogen-bond donors (Lipinski definition) is 2. The first-order chi connectivity index (χ1) is 8.88. The largest absolute Gasteiger partial charge is 0.351 e. The fraction of sp³-hybridized carbons (Fsp3) is 0.583. The van der Waals surface area contributed by atoms with Gasteiger partial charge >= 0.3 is 0 Å². The predicted molar refractivity (Wildman–Crippen MR) is 74.7 cm³/mol. The minimum atomic E-state index is -3.75. The van der Waals surface area contributed by atoms with Crippen molar-refractivity contribution in [1.29, 1.82) is 0 Å². The molecule has 1 amide bonds. The normalized spacial score (nSPS) is 16.7. The Balaban J connectivity index is 2.03. The predicted octanol–water partition coefficient (Wildman–Crippen LogP) is 1.62. The van der Waals surface area contributed by atoms with E-state index in [1.165, 1.54) is 18.9 Å². The molecule has 0 spiro atoms. The topological polar surface area (TPSA) is 89.3 Å². The minimum Gasteiger partial charge on any atom is -0.351 e. The van der Waals surface area contributed by atoms with E-state index in [4.69, 9.17) is 5.14 Å². The Labute approximate surface area is 117 Å². The molecule has 1 fully saturated rings. The molecule has 19 heavy (non-hydrogen) atoms. The molecule has 0 bridgehead atoms. The zero-order valence-electron chi connectivity index (χ0n) is 10.8. The number of hydrogen-bond acceptors (Lipinski definition) is 4. The van der Waals surface area contributed by atoms with Crippen LogP contribution in [0.3, 0.4) is 0 Å². The Bertz CT molecular complexity index is 572. The maximum atomic E-state index is 12.0. The molecule has 1 aromatic heterocycles. The maximum absolute atomic E-state index is 12.0. The number of sulfonamides is 1. The van der Waals surface area contributed by atoms with Crippen molar-refractivity contribution in [3.63, 3.8) is 0 Å². The fourth-order valence-electron chi connectivity index (χ4n) is 2.40. The zero-order valence-corrected chi connectivity index (χ0v) is 12.4. The number of rotatable bonds is 4. The van der Waals surface area contributed by atoms with Crippen LogP contribution in [0.2, 0.25) is 0 Å². The van der Waals surface area contributed by atoms with Crippen LogP contribution in [0, 0.1) is 12.8 Å². The van der Waals surface area contributed by atoms with Gasteiger partial charge < -0.3 is 5.32 Å². The lowest BCUT2D eigenvalue weighted by atomic mass is 10.1. The zero-order chi connectivity index (χ0) is 14.0. The molecular weight excluding hydrogens is 284 g/mol. The van der Waals surface area contributed by atoms with E-state index >= 15 is 0 Å². The molecule has 0 aromatic carbocycles. The summed E-state index contributed by atoms with van der Waals surface area (Å²) in [6.07, 6.45) is 4.78. The average molecular weight is 302 g/mol. The summed E-state index contributed by atoms with van der Waals surface area (Å²) in [5.74, 6) is 0.345. The van der Waals surface area contributed by atoms with Crippen molar-refractivity contribution < 1.29 is 13.2 Å². The highest BCUT2D eigenvalue weighted by atomic mass is 32.2. The van der Waals surface area contributed by atoms with Crippen molar-refractivity contribution in [3.8, 4) is 0 Å². The summed E-state index contributed by atoms with van der Waals surface area (Å²) < 4.78 is 22.6. The van der Waals surface area contributed by atoms with Gasteiger partial charge in [0.05, 0.1) is 9.77 Å². The number of carbonyl (C=O) groups is 1. The number of thiophene rings is 1. The van der Waals surface area contributed by atoms with Gasteiger partial charge in [0.15, 0.2) is 0 Å². The van der Waals surface area contributed by atoms with Crippen LogP contribution in [0.25, 0.3) is 0 Å². The molecule has 0 aliphatic heterocycles. The summed E-state index contributed by atoms with van der Waals surface area (Å²) in [5, 5.41) is 7.96. The highest BCUT2D eigenvalue weighted by Gasteiger charge is 2.20. The summed E-state index contributed by atoms with van der Waals surface area (Å²) in [4.78, 5) is 13.0. The van der Waals surface area contributed by atoms with Gasteiger partial charge in [-0.15, -0.1) is 11.3 Å². The lowest BCUT2D eigenvalue weighted by Crippen LogP contribution is -2.27. The van der Waals surface area contributed by atoms with E-state index in [1.54, 1.807) is 6.92 Å². The Morgan fingerprint density at radius 3 is 2.63 bits per heavy atom. The lowest BCUT2D eigenvalue weighted by molar-refractivity contribution is 0.0951. The molecule has 7 heteroatoms. The van der Waals surface area contributed by atoms with Gasteiger partial charge in [0.2, 0.25) is 10.0 Å². The van der Waals surface area contributed by atoms with Crippen molar-refractivity contribution in [3.05, 3.63) is 15.8 Å². The number of nitrogens with one attached hydrogen (secondary N) is 1. The van der Waals surface area contributed by atoms with Crippen LogP contribution in [-0.4, -0.2) is 20.9 Å². The number of aryl methyl sites for hydroxylation is 1. The fourth-order valence-corrected chi connectivity index (χ4v) is 4.46. The van der Waals surface area contributed by atoms with E-state index in [0.717, 1.165) is 24.2 Å². The molecule has 0 saturated heterocycles. The molecular formula is C12H18N2O3S2. The molecule has 0 radical (unpaired) electrons. The van der Waals surface area contributed by atoms with Crippen LogP contribution in [0.1, 0.15) is 40.2 Å². The van der Waals surface area contributed by atoms with Crippen molar-refractivity contribution in [2.24, 2.45) is 11.1 Å². The van der Waals surface area contributed by atoms with E-state index in [-0.39, 0.29) is 10.8 Å². The molecule has 5 nitrogen and oxygen atoms in total. The van der Waals surface area contributed by atoms with Crippen LogP contribution in [0.15, 0.2) is 11.0 Å². The van der Waals surface area contributed by atoms with Gasteiger partial charge in [-0.2, -0.15) is 0 Å². The van der Waals surface area contributed by atoms with E-state index in [9.17, 15) is 13.2 Å². The molecule has 0 unspecified atom stereocenters. The third kappa shape index (κ3) is 3.55. The first-order valence-corrected chi connectivity index (χ1v) is 8.65. The second-order valence-corrected chi connectivity index (χ2v) is 7.72. The summed E-state index contributed by atoms with van der Waals surface area (Å²) in [5.41, 5.74) is 0. The summed E-state index contributed by atoms with van der Waals surface area (Å²) in [7, 11) is -3.75. The Hall–Kier alpha value is -0.920. The summed E-state index contributed by atoms with van der Waals surface area (Å²) in [6, 6.07) is 1.36. The summed E-state index contributed by atoms with van der Waals surface area (Å²) >= 11 is 1.16. The molecule has 1 aromatic rings. The molecule has 106 valence electrons. The molecule has 0 atom stereocenters. The van der Waals surface area contributed by atoms with E-state index in [0.29, 0.717) is 22.2 Å². The second kappa shape index (κ2) is 5.60. The van der Waals surface area contributed by atoms with Crippen LogP contribution >= 0.6 is 11.3 Å². The number of primary sulfonamides is 1. The van der Waals surface area contributed by atoms with Crippen LogP contribution in [0.4, 0.5) is 0 Å². The molecule has 3 N–H and O–H groups in total. The van der Waals surface area contributed by atoms with Crippen molar-refractivity contribution >= 4 is 27.3 Å². The van der Waals surface area contributed by atoms with Crippen LogP contribution in [0.5, 0.6) is 0 Å². The number of nitrogens with two attached hydrogens (primary N) is 1. The third-order valence-corrected chi connectivity index (χ3v) is 5.64. The second-order valence-electron chi connectivity index (χ2n) is 4.94. The number of carbonyl (C=O) groups excluding carboxylic acids is 1. The highest BCUT2D eigenvalue weighted by molar-refractivity contribution is 7.89. The van der Waals surface area contributed by atoms with E-state index in [2.05, 4.69) is 5.32 Å². The van der Waals surface area contributed by atoms with Crippen molar-refractivity contribution in [1.82, 2.24) is 5.32 Å². The van der Waals surface area contributed by atoms with E-state index in [1.807, 2.05) is 0 Å². The van der Waals surface area contributed by atoms with Gasteiger partial charge in [0, 0.05) is 11.4 Å². The van der Waals surface area contributed by atoms with Gasteiger partial charge in [0.25, 0.3) is 5.91 Å². The van der Waals surface area contributed by atoms with Gasteiger partial charge in [-0.25, -0.2) is 13.6 Å². The van der Waals surface area contributed by atoms with Gasteiger partial charge in [0.1, 0.15) is 0 Å². The highest BCUT2D eigenvalue weighted by Crippen LogP contribution is 2.26. The molecule has 1 heterocycles. The average Bonchev–Trinajstić information content (AvgIpc) is 2.93. The van der Waals surface area contributed by atoms with Crippen molar-refractivity contribution in [2.45, 2.75) is 37.5 Å². The monoisotopic (exact) mass is 302 g/mol. The van der Waals surface area contributed by atoms with E-state index < -0.39 is 10.0 Å². The number of amides is 1. The maximum Gasteiger partial charge on any atom is 0.261 e. The van der Waals surface area contributed by atoms with Gasteiger partial charge in [-0.05, 0) is 31.7 Å². The lowest BCUT2D eigenvalue weighted by Gasteiger charge is -2.09. The Morgan fingerprint density at radius 1 is 1.47 bits per heavy atom. The Morgan fingerprint density at radius 2 is 2.11 bits per heavy atom. The quantitative estimate of drug-likeness (QED) is 0.885. The molecule has 2 rings (SSSR count). The summed E-state index contributed by atoms with van der Waals surface area (Å²) in [6.45, 7) is 2.32. The van der Waals surface area contributed by atoms with Gasteiger partial charge in [-0.3, -0.25) is 4.79 Å². The van der Waals surface area contributed by atoms with Crippen molar-refractivity contribution in [2.75, 3.05) is 6.54 Å². The Kier molecular flexibility index (Phi) is 4.27. The first kappa shape index (κ1) is 14.5. The van der Waals surface area contributed by atoms with Gasteiger partial charge in [-0.1, -0.05) is 12.8 Å². The first-order valence-electron chi connectivity index (χ1n) is 6.29. The minimum absolute atomic E-state index is 0.0449.